The Kier molecular flexibility index (Phi) is 7.29. The van der Waals surface area contributed by atoms with Crippen molar-refractivity contribution >= 4 is 23.7 Å². The third kappa shape index (κ3) is 5.67. The van der Waals surface area contributed by atoms with Gasteiger partial charge in [0.05, 0.1) is 19.9 Å². The molecule has 0 aliphatic carbocycles. The van der Waals surface area contributed by atoms with Crippen LogP contribution in [0.2, 0.25) is 5.02 Å². The minimum Gasteiger partial charge on any atom is -0.493 e. The van der Waals surface area contributed by atoms with Gasteiger partial charge < -0.3 is 14.2 Å². The number of hydrogen-bond acceptors (Lipinski definition) is 5. The molecule has 138 valence electrons. The van der Waals surface area contributed by atoms with E-state index in [1.807, 2.05) is 19.9 Å². The first-order chi connectivity index (χ1) is 12.5. The van der Waals surface area contributed by atoms with Crippen molar-refractivity contribution < 1.29 is 19.0 Å². The molecule has 2 aromatic rings. The van der Waals surface area contributed by atoms with Crippen LogP contribution in [0.4, 0.5) is 0 Å². The number of halogens is 1. The average molecular weight is 377 g/mol. The Morgan fingerprint density at radius 1 is 1.19 bits per heavy atom. The van der Waals surface area contributed by atoms with E-state index < -0.39 is 0 Å². The largest absolute Gasteiger partial charge is 0.493 e. The summed E-state index contributed by atoms with van der Waals surface area (Å²) in [6.07, 6.45) is 1.52. The van der Waals surface area contributed by atoms with E-state index in [1.165, 1.54) is 6.21 Å². The molecule has 0 aliphatic heterocycles. The van der Waals surface area contributed by atoms with Crippen molar-refractivity contribution in [2.75, 3.05) is 20.3 Å². The van der Waals surface area contributed by atoms with E-state index in [0.717, 1.165) is 11.1 Å². The van der Waals surface area contributed by atoms with Crippen LogP contribution in [-0.2, 0) is 4.79 Å². The van der Waals surface area contributed by atoms with Crippen molar-refractivity contribution in [2.24, 2.45) is 5.10 Å². The Morgan fingerprint density at radius 3 is 2.69 bits per heavy atom. The summed E-state index contributed by atoms with van der Waals surface area (Å²) in [7, 11) is 1.57. The lowest BCUT2D eigenvalue weighted by molar-refractivity contribution is -0.123. The highest BCUT2D eigenvalue weighted by Gasteiger charge is 2.05. The number of rotatable bonds is 8. The average Bonchev–Trinajstić information content (AvgIpc) is 2.64. The number of nitrogens with one attached hydrogen (secondary N) is 1. The van der Waals surface area contributed by atoms with Gasteiger partial charge in [-0.3, -0.25) is 4.79 Å². The summed E-state index contributed by atoms with van der Waals surface area (Å²) in [5.41, 5.74) is 4.06. The molecule has 7 heteroatoms. The summed E-state index contributed by atoms with van der Waals surface area (Å²) < 4.78 is 16.1. The number of carbonyl (C=O) groups excluding carboxylic acids is 1. The molecule has 0 spiro atoms. The molecule has 2 aromatic carbocycles. The molecular weight excluding hydrogens is 356 g/mol. The van der Waals surface area contributed by atoms with Gasteiger partial charge in [-0.2, -0.15) is 5.10 Å². The van der Waals surface area contributed by atoms with Crippen LogP contribution in [0.1, 0.15) is 18.1 Å². The lowest BCUT2D eigenvalue weighted by Crippen LogP contribution is -2.24. The first-order valence-electron chi connectivity index (χ1n) is 8.05. The van der Waals surface area contributed by atoms with Crippen molar-refractivity contribution in [3.8, 4) is 17.2 Å². The number of ether oxygens (including phenoxy) is 3. The van der Waals surface area contributed by atoms with E-state index in [4.69, 9.17) is 25.8 Å². The molecule has 0 atom stereocenters. The molecule has 0 saturated heterocycles. The Bertz CT molecular complexity index is 793. The molecule has 1 amide bonds. The van der Waals surface area contributed by atoms with Gasteiger partial charge in [-0.1, -0.05) is 11.6 Å². The molecule has 6 nitrogen and oxygen atoms in total. The van der Waals surface area contributed by atoms with Crippen LogP contribution in [0.25, 0.3) is 0 Å². The maximum atomic E-state index is 11.8. The van der Waals surface area contributed by atoms with Crippen LogP contribution in [0.15, 0.2) is 41.5 Å². The highest BCUT2D eigenvalue weighted by Crippen LogP contribution is 2.27. The van der Waals surface area contributed by atoms with Crippen LogP contribution < -0.4 is 19.6 Å². The number of carbonyl (C=O) groups is 1. The Hall–Kier alpha value is -2.73. The topological polar surface area (TPSA) is 69.2 Å². The Morgan fingerprint density at radius 2 is 2.00 bits per heavy atom. The molecule has 0 bridgehead atoms. The molecule has 0 radical (unpaired) electrons. The molecule has 2 rings (SSSR count). The second kappa shape index (κ2) is 9.68. The fourth-order valence-electron chi connectivity index (χ4n) is 2.11. The van der Waals surface area contributed by atoms with E-state index in [-0.39, 0.29) is 12.5 Å². The predicted molar refractivity (Wildman–Crippen MR) is 102 cm³/mol. The first-order valence-corrected chi connectivity index (χ1v) is 8.43. The fourth-order valence-corrected chi connectivity index (χ4v) is 2.22. The zero-order chi connectivity index (χ0) is 18.9. The molecular formula is C19H21ClN2O4. The van der Waals surface area contributed by atoms with E-state index >= 15 is 0 Å². The van der Waals surface area contributed by atoms with Crippen molar-refractivity contribution in [3.05, 3.63) is 52.5 Å². The van der Waals surface area contributed by atoms with Gasteiger partial charge in [0.15, 0.2) is 18.1 Å². The van der Waals surface area contributed by atoms with Crippen LogP contribution in [-0.4, -0.2) is 32.4 Å². The maximum absolute atomic E-state index is 11.8. The van der Waals surface area contributed by atoms with Gasteiger partial charge in [-0.05, 0) is 61.4 Å². The van der Waals surface area contributed by atoms with Gasteiger partial charge >= 0.3 is 0 Å². The first kappa shape index (κ1) is 19.6. The Labute approximate surface area is 157 Å². The molecule has 0 aromatic heterocycles. The monoisotopic (exact) mass is 376 g/mol. The molecule has 0 saturated carbocycles. The third-order valence-corrected chi connectivity index (χ3v) is 3.81. The van der Waals surface area contributed by atoms with Crippen LogP contribution in [0.3, 0.4) is 0 Å². The van der Waals surface area contributed by atoms with Crippen molar-refractivity contribution in [2.45, 2.75) is 13.8 Å². The summed E-state index contributed by atoms with van der Waals surface area (Å²) in [6, 6.07) is 10.6. The van der Waals surface area contributed by atoms with Gasteiger partial charge in [0, 0.05) is 5.02 Å². The van der Waals surface area contributed by atoms with Crippen LogP contribution in [0.5, 0.6) is 17.2 Å². The van der Waals surface area contributed by atoms with Crippen LogP contribution in [0, 0.1) is 6.92 Å². The zero-order valence-electron chi connectivity index (χ0n) is 14.9. The van der Waals surface area contributed by atoms with Crippen molar-refractivity contribution in [1.29, 1.82) is 0 Å². The second-order valence-corrected chi connectivity index (χ2v) is 5.74. The SMILES string of the molecule is CCOc1ccc(/C=N/NC(=O)COc2ccc(Cl)c(C)c2)cc1OC. The van der Waals surface area contributed by atoms with Gasteiger partial charge in [0.1, 0.15) is 5.75 Å². The Balaban J connectivity index is 1.87. The van der Waals surface area contributed by atoms with Gasteiger partial charge in [0.2, 0.25) is 0 Å². The lowest BCUT2D eigenvalue weighted by atomic mass is 10.2. The fraction of sp³-hybridized carbons (Fsp3) is 0.263. The number of benzene rings is 2. The van der Waals surface area contributed by atoms with Crippen LogP contribution >= 0.6 is 11.6 Å². The number of aryl methyl sites for hydroxylation is 1. The summed E-state index contributed by atoms with van der Waals surface area (Å²) in [5.74, 6) is 1.46. The van der Waals surface area contributed by atoms with Gasteiger partial charge in [-0.25, -0.2) is 5.43 Å². The smallest absolute Gasteiger partial charge is 0.277 e. The second-order valence-electron chi connectivity index (χ2n) is 5.34. The highest BCUT2D eigenvalue weighted by molar-refractivity contribution is 6.31. The van der Waals surface area contributed by atoms with E-state index in [1.54, 1.807) is 37.4 Å². The number of nitrogens with zero attached hydrogens (tertiary/aromatic N) is 1. The number of amides is 1. The minimum absolute atomic E-state index is 0.148. The minimum atomic E-state index is -0.369. The normalized spacial score (nSPS) is 10.6. The van der Waals surface area contributed by atoms with Gasteiger partial charge in [0.25, 0.3) is 5.91 Å². The lowest BCUT2D eigenvalue weighted by Gasteiger charge is -2.09. The molecule has 1 N–H and O–H groups in total. The highest BCUT2D eigenvalue weighted by atomic mass is 35.5. The van der Waals surface area contributed by atoms with E-state index in [9.17, 15) is 4.79 Å². The number of methoxy groups -OCH3 is 1. The van der Waals surface area contributed by atoms with E-state index in [0.29, 0.717) is 28.9 Å². The summed E-state index contributed by atoms with van der Waals surface area (Å²) in [6.45, 7) is 4.17. The van der Waals surface area contributed by atoms with Gasteiger partial charge in [-0.15, -0.1) is 0 Å². The molecule has 0 unspecified atom stereocenters. The van der Waals surface area contributed by atoms with E-state index in [2.05, 4.69) is 10.5 Å². The summed E-state index contributed by atoms with van der Waals surface area (Å²) in [4.78, 5) is 11.8. The van der Waals surface area contributed by atoms with Crippen molar-refractivity contribution in [3.63, 3.8) is 0 Å². The molecule has 0 heterocycles. The molecule has 0 aliphatic rings. The number of hydrazone groups is 1. The molecule has 0 fully saturated rings. The summed E-state index contributed by atoms with van der Waals surface area (Å²) in [5, 5.41) is 4.56. The van der Waals surface area contributed by atoms with Crippen molar-refractivity contribution in [1.82, 2.24) is 5.43 Å². The predicted octanol–water partition coefficient (Wildman–Crippen LogP) is 3.58. The molecule has 26 heavy (non-hydrogen) atoms. The quantitative estimate of drug-likeness (QED) is 0.564. The third-order valence-electron chi connectivity index (χ3n) is 3.39. The standard InChI is InChI=1S/C19H21ClN2O4/c1-4-25-17-8-5-14(10-18(17)24-3)11-21-22-19(23)12-26-15-6-7-16(20)13(2)9-15/h5-11H,4,12H2,1-3H3,(H,22,23)/b21-11+. The summed E-state index contributed by atoms with van der Waals surface area (Å²) >= 11 is 5.95. The maximum Gasteiger partial charge on any atom is 0.277 e. The zero-order valence-corrected chi connectivity index (χ0v) is 15.7. The number of hydrogen-bond donors (Lipinski definition) is 1.